The molecule has 1 aliphatic rings. The van der Waals surface area contributed by atoms with E-state index < -0.39 is 17.5 Å². The molecule has 1 aromatic carbocycles. The summed E-state index contributed by atoms with van der Waals surface area (Å²) in [6.07, 6.45) is 1.64. The van der Waals surface area contributed by atoms with Crippen molar-refractivity contribution in [1.29, 1.82) is 0 Å². The van der Waals surface area contributed by atoms with Crippen LogP contribution >= 0.6 is 0 Å². The Morgan fingerprint density at radius 1 is 1.21 bits per heavy atom. The van der Waals surface area contributed by atoms with Gasteiger partial charge in [0.2, 0.25) is 5.91 Å². The molecule has 3 rings (SSSR count). The zero-order valence-electron chi connectivity index (χ0n) is 13.2. The maximum atomic E-state index is 13.9. The summed E-state index contributed by atoms with van der Waals surface area (Å²) in [5.41, 5.74) is 5.74. The first-order valence-electron chi connectivity index (χ1n) is 7.50. The first-order valence-corrected chi connectivity index (χ1v) is 7.50. The highest BCUT2D eigenvalue weighted by molar-refractivity contribution is 5.97. The fourth-order valence-corrected chi connectivity index (χ4v) is 2.49. The number of hydrazine groups is 1. The van der Waals surface area contributed by atoms with E-state index in [2.05, 4.69) is 16.0 Å². The summed E-state index contributed by atoms with van der Waals surface area (Å²) in [5, 5.41) is 4.15. The Labute approximate surface area is 136 Å². The van der Waals surface area contributed by atoms with Gasteiger partial charge >= 0.3 is 0 Å². The van der Waals surface area contributed by atoms with Crippen LogP contribution in [0.1, 0.15) is 34.6 Å². The smallest absolute Gasteiger partial charge is 0.273 e. The van der Waals surface area contributed by atoms with Crippen LogP contribution in [0.3, 0.4) is 0 Å². The van der Waals surface area contributed by atoms with Gasteiger partial charge in [-0.3, -0.25) is 20.4 Å². The molecule has 2 amide bonds. The maximum absolute atomic E-state index is 13.9. The molecule has 2 N–H and O–H groups in total. The van der Waals surface area contributed by atoms with E-state index in [1.807, 2.05) is 0 Å². The van der Waals surface area contributed by atoms with Crippen molar-refractivity contribution >= 4 is 11.8 Å². The van der Waals surface area contributed by atoms with E-state index in [-0.39, 0.29) is 23.1 Å². The Morgan fingerprint density at radius 2 is 1.92 bits per heavy atom. The molecule has 6 nitrogen and oxygen atoms in total. The Hall–Kier alpha value is -2.77. The molecule has 24 heavy (non-hydrogen) atoms. The van der Waals surface area contributed by atoms with E-state index >= 15 is 0 Å². The number of carbonyl (C=O) groups is 2. The first kappa shape index (κ1) is 16.1. The zero-order valence-corrected chi connectivity index (χ0v) is 13.2. The molecule has 1 aromatic heterocycles. The van der Waals surface area contributed by atoms with Crippen molar-refractivity contribution in [2.45, 2.75) is 26.7 Å². The van der Waals surface area contributed by atoms with E-state index in [0.29, 0.717) is 11.4 Å². The Bertz CT molecular complexity index is 828. The van der Waals surface area contributed by atoms with Crippen molar-refractivity contribution in [3.8, 4) is 5.69 Å². The van der Waals surface area contributed by atoms with Crippen LogP contribution < -0.4 is 10.9 Å². The lowest BCUT2D eigenvalue weighted by atomic mass is 10.2. The minimum Gasteiger partial charge on any atom is -0.273 e. The Kier molecular flexibility index (Phi) is 4.04. The predicted octanol–water partition coefficient (Wildman–Crippen LogP) is 1.94. The number of carbonyl (C=O) groups excluding carboxylic acids is 2. The summed E-state index contributed by atoms with van der Waals surface area (Å²) in [4.78, 5) is 23.9. The fraction of sp³-hybridized carbons (Fsp3) is 0.312. The van der Waals surface area contributed by atoms with Gasteiger partial charge in [0.1, 0.15) is 11.5 Å². The van der Waals surface area contributed by atoms with Crippen molar-refractivity contribution in [2.24, 2.45) is 5.92 Å². The van der Waals surface area contributed by atoms with Crippen LogP contribution in [0, 0.1) is 31.4 Å². The summed E-state index contributed by atoms with van der Waals surface area (Å²) >= 11 is 0. The summed E-state index contributed by atoms with van der Waals surface area (Å²) < 4.78 is 28.2. The van der Waals surface area contributed by atoms with Crippen molar-refractivity contribution in [3.63, 3.8) is 0 Å². The molecule has 0 atom stereocenters. The van der Waals surface area contributed by atoms with Gasteiger partial charge in [-0.25, -0.2) is 13.5 Å². The molecule has 0 aliphatic heterocycles. The number of aromatic nitrogens is 2. The highest BCUT2D eigenvalue weighted by atomic mass is 19.1. The second kappa shape index (κ2) is 6.03. The van der Waals surface area contributed by atoms with Crippen LogP contribution in [0.2, 0.25) is 0 Å². The van der Waals surface area contributed by atoms with Crippen molar-refractivity contribution in [1.82, 2.24) is 20.6 Å². The average molecular weight is 334 g/mol. The Morgan fingerprint density at radius 3 is 2.54 bits per heavy atom. The topological polar surface area (TPSA) is 76.0 Å². The number of amides is 2. The molecule has 0 saturated heterocycles. The van der Waals surface area contributed by atoms with Gasteiger partial charge in [0.05, 0.1) is 17.0 Å². The third-order valence-corrected chi connectivity index (χ3v) is 3.90. The zero-order chi connectivity index (χ0) is 17.4. The number of nitrogens with zero attached hydrogens (tertiary/aromatic N) is 2. The van der Waals surface area contributed by atoms with Crippen LogP contribution in [0.25, 0.3) is 5.69 Å². The maximum Gasteiger partial charge on any atom is 0.273 e. The number of halogens is 2. The number of hydrogen-bond donors (Lipinski definition) is 2. The standard InChI is InChI=1S/C16H16F2N4O2/c1-8-14(16(24)20-19-15(23)10-3-4-10)9(2)22(21-8)13-6-5-11(17)7-12(13)18/h5-7,10H,3-4H2,1-2H3,(H,19,23)(H,20,24). The lowest BCUT2D eigenvalue weighted by molar-refractivity contribution is -0.123. The van der Waals surface area contributed by atoms with Crippen molar-refractivity contribution in [3.05, 3.63) is 46.8 Å². The molecule has 1 aliphatic carbocycles. The van der Waals surface area contributed by atoms with E-state index in [9.17, 15) is 18.4 Å². The lowest BCUT2D eigenvalue weighted by Gasteiger charge is -2.08. The monoisotopic (exact) mass is 334 g/mol. The molecule has 0 radical (unpaired) electrons. The van der Waals surface area contributed by atoms with E-state index in [4.69, 9.17) is 0 Å². The summed E-state index contributed by atoms with van der Waals surface area (Å²) in [6.45, 7) is 3.20. The number of rotatable bonds is 3. The van der Waals surface area contributed by atoms with Crippen molar-refractivity contribution < 1.29 is 18.4 Å². The average Bonchev–Trinajstić information content (AvgIpc) is 3.32. The molecule has 0 bridgehead atoms. The molecular weight excluding hydrogens is 318 g/mol. The second-order valence-electron chi connectivity index (χ2n) is 5.77. The van der Waals surface area contributed by atoms with Gasteiger partial charge in [0.15, 0.2) is 5.82 Å². The predicted molar refractivity (Wildman–Crippen MR) is 81.3 cm³/mol. The SMILES string of the molecule is Cc1nn(-c2ccc(F)cc2F)c(C)c1C(=O)NNC(=O)C1CC1. The molecule has 2 aromatic rings. The molecule has 1 fully saturated rings. The second-order valence-corrected chi connectivity index (χ2v) is 5.77. The largest absolute Gasteiger partial charge is 0.273 e. The van der Waals surface area contributed by atoms with Crippen LogP contribution in [0.4, 0.5) is 8.78 Å². The van der Waals surface area contributed by atoms with Gasteiger partial charge in [-0.1, -0.05) is 0 Å². The molecule has 0 unspecified atom stereocenters. The normalized spacial score (nSPS) is 13.7. The van der Waals surface area contributed by atoms with Gasteiger partial charge in [0, 0.05) is 12.0 Å². The molecule has 8 heteroatoms. The van der Waals surface area contributed by atoms with Gasteiger partial charge in [-0.15, -0.1) is 0 Å². The minimum absolute atomic E-state index is 0.0384. The van der Waals surface area contributed by atoms with Gasteiger partial charge in [0.25, 0.3) is 5.91 Å². The quantitative estimate of drug-likeness (QED) is 0.842. The van der Waals surface area contributed by atoms with E-state index in [1.165, 1.54) is 10.7 Å². The van der Waals surface area contributed by atoms with Crippen molar-refractivity contribution in [2.75, 3.05) is 0 Å². The van der Waals surface area contributed by atoms with E-state index in [1.54, 1.807) is 13.8 Å². The van der Waals surface area contributed by atoms with Crippen LogP contribution in [0.5, 0.6) is 0 Å². The number of aryl methyl sites for hydroxylation is 1. The molecule has 0 spiro atoms. The summed E-state index contributed by atoms with van der Waals surface area (Å²) in [5.74, 6) is -2.28. The number of hydrogen-bond acceptors (Lipinski definition) is 3. The van der Waals surface area contributed by atoms with Crippen LogP contribution in [-0.2, 0) is 4.79 Å². The lowest BCUT2D eigenvalue weighted by Crippen LogP contribution is -2.42. The first-order chi connectivity index (χ1) is 11.4. The highest BCUT2D eigenvalue weighted by Gasteiger charge is 2.30. The van der Waals surface area contributed by atoms with E-state index in [0.717, 1.165) is 25.0 Å². The molecule has 1 heterocycles. The number of nitrogens with one attached hydrogen (secondary N) is 2. The highest BCUT2D eigenvalue weighted by Crippen LogP contribution is 2.28. The number of benzene rings is 1. The van der Waals surface area contributed by atoms with Gasteiger partial charge in [-0.2, -0.15) is 5.10 Å². The van der Waals surface area contributed by atoms with Gasteiger partial charge in [-0.05, 0) is 38.8 Å². The summed E-state index contributed by atoms with van der Waals surface area (Å²) in [6, 6.07) is 3.12. The van der Waals surface area contributed by atoms with Gasteiger partial charge < -0.3 is 0 Å². The third kappa shape index (κ3) is 2.99. The molecule has 1 saturated carbocycles. The minimum atomic E-state index is -0.783. The Balaban J connectivity index is 1.85. The molecule has 126 valence electrons. The van der Waals surface area contributed by atoms with Crippen LogP contribution in [0.15, 0.2) is 18.2 Å². The fourth-order valence-electron chi connectivity index (χ4n) is 2.49. The summed E-state index contributed by atoms with van der Waals surface area (Å²) in [7, 11) is 0. The third-order valence-electron chi connectivity index (χ3n) is 3.90. The molecular formula is C16H16F2N4O2. The van der Waals surface area contributed by atoms with Crippen LogP contribution in [-0.4, -0.2) is 21.6 Å².